The van der Waals surface area contributed by atoms with Crippen LogP contribution in [-0.2, 0) is 6.54 Å². The fraction of sp³-hybridized carbons (Fsp3) is 0.200. The number of carbonyl (C=O) groups is 1. The number of hydrogen-bond acceptors (Lipinski definition) is 4. The van der Waals surface area contributed by atoms with Crippen LogP contribution in [0, 0.1) is 0 Å². The lowest BCUT2D eigenvalue weighted by atomic mass is 10.2. The minimum absolute atomic E-state index is 0.195. The molecule has 20 heavy (non-hydrogen) atoms. The number of benzene rings is 1. The number of anilines is 1. The van der Waals surface area contributed by atoms with Gasteiger partial charge in [-0.2, -0.15) is 0 Å². The SMILES string of the molecule is COc1ccc(N(C)Cc2ccc(C(=O)O)cn2)cc1. The highest BCUT2D eigenvalue weighted by molar-refractivity contribution is 5.87. The van der Waals surface area contributed by atoms with Crippen LogP contribution in [0.15, 0.2) is 42.6 Å². The molecular weight excluding hydrogens is 256 g/mol. The summed E-state index contributed by atoms with van der Waals surface area (Å²) >= 11 is 0. The molecule has 0 amide bonds. The predicted octanol–water partition coefficient (Wildman–Crippen LogP) is 2.42. The molecule has 1 aromatic heterocycles. The molecule has 0 saturated carbocycles. The van der Waals surface area contributed by atoms with E-state index in [0.29, 0.717) is 6.54 Å². The Hall–Kier alpha value is -2.56. The van der Waals surface area contributed by atoms with Crippen molar-refractivity contribution in [2.24, 2.45) is 0 Å². The van der Waals surface area contributed by atoms with Crippen LogP contribution >= 0.6 is 0 Å². The molecule has 0 aliphatic carbocycles. The zero-order chi connectivity index (χ0) is 14.5. The molecule has 2 rings (SSSR count). The Kier molecular flexibility index (Phi) is 4.20. The summed E-state index contributed by atoms with van der Waals surface area (Å²) in [6.45, 7) is 0.603. The zero-order valence-electron chi connectivity index (χ0n) is 11.4. The Morgan fingerprint density at radius 1 is 1.25 bits per heavy atom. The van der Waals surface area contributed by atoms with Gasteiger partial charge in [0.25, 0.3) is 0 Å². The molecule has 0 fully saturated rings. The van der Waals surface area contributed by atoms with Crippen molar-refractivity contribution in [1.82, 2.24) is 4.98 Å². The van der Waals surface area contributed by atoms with Gasteiger partial charge in [-0.1, -0.05) is 0 Å². The van der Waals surface area contributed by atoms with Crippen LogP contribution in [0.4, 0.5) is 5.69 Å². The van der Waals surface area contributed by atoms with Crippen LogP contribution < -0.4 is 9.64 Å². The van der Waals surface area contributed by atoms with Crippen molar-refractivity contribution in [3.63, 3.8) is 0 Å². The molecule has 0 unspecified atom stereocenters. The van der Waals surface area contributed by atoms with Crippen molar-refractivity contribution in [2.75, 3.05) is 19.1 Å². The third-order valence-corrected chi connectivity index (χ3v) is 2.98. The van der Waals surface area contributed by atoms with E-state index in [2.05, 4.69) is 4.98 Å². The van der Waals surface area contributed by atoms with E-state index in [0.717, 1.165) is 17.1 Å². The van der Waals surface area contributed by atoms with Crippen molar-refractivity contribution in [3.05, 3.63) is 53.9 Å². The fourth-order valence-corrected chi connectivity index (χ4v) is 1.82. The number of methoxy groups -OCH3 is 1. The second-order valence-electron chi connectivity index (χ2n) is 4.40. The van der Waals surface area contributed by atoms with E-state index in [9.17, 15) is 4.79 Å². The Labute approximate surface area is 117 Å². The van der Waals surface area contributed by atoms with Crippen LogP contribution in [0.3, 0.4) is 0 Å². The van der Waals surface area contributed by atoms with Crippen LogP contribution in [0.2, 0.25) is 0 Å². The van der Waals surface area contributed by atoms with Crippen molar-refractivity contribution in [2.45, 2.75) is 6.54 Å². The largest absolute Gasteiger partial charge is 0.497 e. The zero-order valence-corrected chi connectivity index (χ0v) is 11.4. The molecule has 1 heterocycles. The quantitative estimate of drug-likeness (QED) is 0.905. The average Bonchev–Trinajstić information content (AvgIpc) is 2.48. The molecule has 1 aromatic carbocycles. The van der Waals surface area contributed by atoms with Crippen molar-refractivity contribution in [3.8, 4) is 5.75 Å². The van der Waals surface area contributed by atoms with E-state index in [1.54, 1.807) is 19.2 Å². The van der Waals surface area contributed by atoms with Crippen molar-refractivity contribution < 1.29 is 14.6 Å². The molecule has 0 saturated heterocycles. The van der Waals surface area contributed by atoms with Crippen molar-refractivity contribution >= 4 is 11.7 Å². The van der Waals surface area contributed by atoms with E-state index in [1.165, 1.54) is 6.20 Å². The fourth-order valence-electron chi connectivity index (χ4n) is 1.82. The molecule has 0 aliphatic rings. The Morgan fingerprint density at radius 2 is 1.95 bits per heavy atom. The van der Waals surface area contributed by atoms with E-state index in [1.807, 2.05) is 36.2 Å². The van der Waals surface area contributed by atoms with Gasteiger partial charge in [-0.15, -0.1) is 0 Å². The second-order valence-corrected chi connectivity index (χ2v) is 4.40. The third-order valence-electron chi connectivity index (χ3n) is 2.98. The molecule has 2 aromatic rings. The monoisotopic (exact) mass is 272 g/mol. The molecule has 5 nitrogen and oxygen atoms in total. The van der Waals surface area contributed by atoms with E-state index in [4.69, 9.17) is 9.84 Å². The highest BCUT2D eigenvalue weighted by Gasteiger charge is 2.06. The summed E-state index contributed by atoms with van der Waals surface area (Å²) in [5.41, 5.74) is 2.05. The summed E-state index contributed by atoms with van der Waals surface area (Å²) in [5.74, 6) is -0.154. The van der Waals surface area contributed by atoms with E-state index >= 15 is 0 Å². The van der Waals surface area contributed by atoms with Gasteiger partial charge in [-0.05, 0) is 36.4 Å². The van der Waals surface area contributed by atoms with Gasteiger partial charge in [-0.25, -0.2) is 4.79 Å². The number of aromatic carboxylic acids is 1. The first-order valence-electron chi connectivity index (χ1n) is 6.13. The number of hydrogen-bond donors (Lipinski definition) is 1. The second kappa shape index (κ2) is 6.06. The molecule has 5 heteroatoms. The number of carboxylic acids is 1. The van der Waals surface area contributed by atoms with Crippen LogP contribution in [0.1, 0.15) is 16.1 Å². The van der Waals surface area contributed by atoms with Crippen LogP contribution in [0.5, 0.6) is 5.75 Å². The Bertz CT molecular complexity index is 579. The van der Waals surface area contributed by atoms with Gasteiger partial charge < -0.3 is 14.7 Å². The number of carboxylic acid groups (broad SMARTS) is 1. The molecule has 0 aliphatic heterocycles. The van der Waals surface area contributed by atoms with Gasteiger partial charge in [0.2, 0.25) is 0 Å². The molecule has 0 spiro atoms. The van der Waals surface area contributed by atoms with E-state index < -0.39 is 5.97 Å². The maximum atomic E-state index is 10.8. The molecular formula is C15H16N2O3. The Morgan fingerprint density at radius 3 is 2.45 bits per heavy atom. The molecule has 1 N–H and O–H groups in total. The highest BCUT2D eigenvalue weighted by Crippen LogP contribution is 2.19. The minimum Gasteiger partial charge on any atom is -0.497 e. The minimum atomic E-state index is -0.965. The first-order valence-corrected chi connectivity index (χ1v) is 6.13. The normalized spacial score (nSPS) is 10.1. The summed E-state index contributed by atoms with van der Waals surface area (Å²) in [6, 6.07) is 11.0. The van der Waals surface area contributed by atoms with Gasteiger partial charge in [0.1, 0.15) is 5.75 Å². The standard InChI is InChI=1S/C15H16N2O3/c1-17(13-5-7-14(20-2)8-6-13)10-12-4-3-11(9-16-12)15(18)19/h3-9H,10H2,1-2H3,(H,18,19). The van der Waals surface area contributed by atoms with Gasteiger partial charge >= 0.3 is 5.97 Å². The van der Waals surface area contributed by atoms with Gasteiger partial charge in [-0.3, -0.25) is 4.98 Å². The number of ether oxygens (including phenoxy) is 1. The maximum Gasteiger partial charge on any atom is 0.337 e. The van der Waals surface area contributed by atoms with Crippen LogP contribution in [-0.4, -0.2) is 30.2 Å². The Balaban J connectivity index is 2.06. The number of rotatable bonds is 5. The van der Waals surface area contributed by atoms with Gasteiger partial charge in [0, 0.05) is 18.9 Å². The summed E-state index contributed by atoms with van der Waals surface area (Å²) in [5, 5.41) is 8.82. The topological polar surface area (TPSA) is 62.7 Å². The number of nitrogens with zero attached hydrogens (tertiary/aromatic N) is 2. The summed E-state index contributed by atoms with van der Waals surface area (Å²) < 4.78 is 5.12. The third kappa shape index (κ3) is 3.26. The number of pyridine rings is 1. The molecule has 0 radical (unpaired) electrons. The van der Waals surface area contributed by atoms with E-state index in [-0.39, 0.29) is 5.56 Å². The molecule has 104 valence electrons. The summed E-state index contributed by atoms with van der Waals surface area (Å²) in [7, 11) is 3.58. The van der Waals surface area contributed by atoms with Crippen LogP contribution in [0.25, 0.3) is 0 Å². The average molecular weight is 272 g/mol. The maximum absolute atomic E-state index is 10.8. The first-order chi connectivity index (χ1) is 9.60. The smallest absolute Gasteiger partial charge is 0.337 e. The van der Waals surface area contributed by atoms with Gasteiger partial charge in [0.15, 0.2) is 0 Å². The predicted molar refractivity (Wildman–Crippen MR) is 76.3 cm³/mol. The lowest BCUT2D eigenvalue weighted by Crippen LogP contribution is -2.17. The summed E-state index contributed by atoms with van der Waals surface area (Å²) in [4.78, 5) is 16.9. The summed E-state index contributed by atoms with van der Waals surface area (Å²) in [6.07, 6.45) is 1.37. The lowest BCUT2D eigenvalue weighted by Gasteiger charge is -2.19. The molecule has 0 atom stereocenters. The number of aromatic nitrogens is 1. The van der Waals surface area contributed by atoms with Crippen molar-refractivity contribution in [1.29, 1.82) is 0 Å². The first kappa shape index (κ1) is 13.9. The molecule has 0 bridgehead atoms. The lowest BCUT2D eigenvalue weighted by molar-refractivity contribution is 0.0696. The van der Waals surface area contributed by atoms with Gasteiger partial charge in [0.05, 0.1) is 24.9 Å². The highest BCUT2D eigenvalue weighted by atomic mass is 16.5.